The van der Waals surface area contributed by atoms with Gasteiger partial charge in [-0.15, -0.1) is 0 Å². The first-order chi connectivity index (χ1) is 5.33. The Kier molecular flexibility index (Phi) is 3.84. The predicted octanol–water partition coefficient (Wildman–Crippen LogP) is 2.12. The van der Waals surface area contributed by atoms with E-state index in [2.05, 4.69) is 5.32 Å². The van der Waals surface area contributed by atoms with Crippen LogP contribution in [0.15, 0.2) is 0 Å². The standard InChI is InChI=1S/C9H18FN/c1-11-7-9(10)6-8-4-2-3-5-8/h8-9,11H,2-7H2,1H3/t9-/m0/s1. The van der Waals surface area contributed by atoms with Gasteiger partial charge in [0, 0.05) is 6.54 Å². The van der Waals surface area contributed by atoms with Gasteiger partial charge in [0.05, 0.1) is 0 Å². The molecule has 0 aromatic heterocycles. The molecular formula is C9H18FN. The number of halogens is 1. The highest BCUT2D eigenvalue weighted by atomic mass is 19.1. The van der Waals surface area contributed by atoms with E-state index in [9.17, 15) is 4.39 Å². The van der Waals surface area contributed by atoms with Gasteiger partial charge in [-0.25, -0.2) is 4.39 Å². The van der Waals surface area contributed by atoms with Gasteiger partial charge < -0.3 is 5.32 Å². The van der Waals surface area contributed by atoms with Crippen LogP contribution in [0, 0.1) is 5.92 Å². The summed E-state index contributed by atoms with van der Waals surface area (Å²) in [5.41, 5.74) is 0. The second-order valence-electron chi connectivity index (χ2n) is 3.54. The van der Waals surface area contributed by atoms with Gasteiger partial charge >= 0.3 is 0 Å². The van der Waals surface area contributed by atoms with E-state index in [0.717, 1.165) is 6.42 Å². The molecular weight excluding hydrogens is 141 g/mol. The van der Waals surface area contributed by atoms with Crippen molar-refractivity contribution in [3.8, 4) is 0 Å². The maximum Gasteiger partial charge on any atom is 0.113 e. The van der Waals surface area contributed by atoms with Gasteiger partial charge in [-0.3, -0.25) is 0 Å². The topological polar surface area (TPSA) is 12.0 Å². The van der Waals surface area contributed by atoms with Gasteiger partial charge in [-0.2, -0.15) is 0 Å². The van der Waals surface area contributed by atoms with Crippen LogP contribution in [0.2, 0.25) is 0 Å². The second kappa shape index (κ2) is 4.70. The summed E-state index contributed by atoms with van der Waals surface area (Å²) in [5.74, 6) is 0.679. The van der Waals surface area contributed by atoms with E-state index in [4.69, 9.17) is 0 Å². The monoisotopic (exact) mass is 159 g/mol. The van der Waals surface area contributed by atoms with E-state index < -0.39 is 6.17 Å². The molecule has 0 aromatic rings. The Hall–Kier alpha value is -0.110. The summed E-state index contributed by atoms with van der Waals surface area (Å²) >= 11 is 0. The van der Waals surface area contributed by atoms with Crippen molar-refractivity contribution < 1.29 is 4.39 Å². The van der Waals surface area contributed by atoms with Crippen molar-refractivity contribution in [3.05, 3.63) is 0 Å². The molecule has 1 fully saturated rings. The zero-order valence-electron chi connectivity index (χ0n) is 7.28. The van der Waals surface area contributed by atoms with Gasteiger partial charge in [-0.05, 0) is 19.4 Å². The van der Waals surface area contributed by atoms with E-state index in [-0.39, 0.29) is 0 Å². The lowest BCUT2D eigenvalue weighted by molar-refractivity contribution is 0.264. The number of alkyl halides is 1. The Balaban J connectivity index is 2.08. The highest BCUT2D eigenvalue weighted by Gasteiger charge is 2.18. The molecule has 1 atom stereocenters. The van der Waals surface area contributed by atoms with Crippen molar-refractivity contribution in [3.63, 3.8) is 0 Å². The fraction of sp³-hybridized carbons (Fsp3) is 1.00. The quantitative estimate of drug-likeness (QED) is 0.662. The van der Waals surface area contributed by atoms with Gasteiger partial charge in [-0.1, -0.05) is 25.7 Å². The highest BCUT2D eigenvalue weighted by Crippen LogP contribution is 2.28. The van der Waals surface area contributed by atoms with Crippen molar-refractivity contribution >= 4 is 0 Å². The molecule has 1 rings (SSSR count). The van der Waals surface area contributed by atoms with Crippen LogP contribution in [0.25, 0.3) is 0 Å². The Labute approximate surface area is 68.4 Å². The molecule has 0 bridgehead atoms. The lowest BCUT2D eigenvalue weighted by Crippen LogP contribution is -2.21. The minimum atomic E-state index is -0.622. The van der Waals surface area contributed by atoms with Gasteiger partial charge in [0.2, 0.25) is 0 Å². The zero-order chi connectivity index (χ0) is 8.10. The lowest BCUT2D eigenvalue weighted by Gasteiger charge is -2.12. The molecule has 11 heavy (non-hydrogen) atoms. The van der Waals surface area contributed by atoms with E-state index in [1.807, 2.05) is 0 Å². The molecule has 1 aliphatic carbocycles. The summed E-state index contributed by atoms with van der Waals surface area (Å²) < 4.78 is 13.0. The van der Waals surface area contributed by atoms with Crippen LogP contribution in [0.5, 0.6) is 0 Å². The SMILES string of the molecule is CNC[C@@H](F)CC1CCCC1. The van der Waals surface area contributed by atoms with Crippen LogP contribution in [0.1, 0.15) is 32.1 Å². The van der Waals surface area contributed by atoms with Crippen molar-refractivity contribution in [1.82, 2.24) is 5.32 Å². The minimum Gasteiger partial charge on any atom is -0.317 e. The van der Waals surface area contributed by atoms with E-state index >= 15 is 0 Å². The average Bonchev–Trinajstić information content (AvgIpc) is 2.40. The second-order valence-corrected chi connectivity index (χ2v) is 3.54. The predicted molar refractivity (Wildman–Crippen MR) is 45.4 cm³/mol. The fourth-order valence-corrected chi connectivity index (χ4v) is 1.91. The number of hydrogen-bond donors (Lipinski definition) is 1. The first kappa shape index (κ1) is 8.98. The summed E-state index contributed by atoms with van der Waals surface area (Å²) in [6, 6.07) is 0. The lowest BCUT2D eigenvalue weighted by atomic mass is 10.0. The van der Waals surface area contributed by atoms with E-state index in [0.29, 0.717) is 12.5 Å². The summed E-state index contributed by atoms with van der Waals surface area (Å²) in [6.45, 7) is 0.524. The Bertz CT molecular complexity index is 99.7. The summed E-state index contributed by atoms with van der Waals surface area (Å²) in [7, 11) is 1.81. The number of nitrogens with one attached hydrogen (secondary N) is 1. The maximum atomic E-state index is 13.0. The molecule has 1 aliphatic rings. The molecule has 0 aliphatic heterocycles. The molecule has 0 amide bonds. The first-order valence-corrected chi connectivity index (χ1v) is 4.61. The smallest absolute Gasteiger partial charge is 0.113 e. The Morgan fingerprint density at radius 1 is 1.45 bits per heavy atom. The van der Waals surface area contributed by atoms with Crippen molar-refractivity contribution in [2.45, 2.75) is 38.3 Å². The summed E-state index contributed by atoms with van der Waals surface area (Å²) in [4.78, 5) is 0. The molecule has 66 valence electrons. The van der Waals surface area contributed by atoms with Gasteiger partial charge in [0.15, 0.2) is 0 Å². The molecule has 0 unspecified atom stereocenters. The van der Waals surface area contributed by atoms with Gasteiger partial charge in [0.25, 0.3) is 0 Å². The summed E-state index contributed by atoms with van der Waals surface area (Å²) in [5, 5.41) is 2.87. The molecule has 2 heteroatoms. The zero-order valence-corrected chi connectivity index (χ0v) is 7.28. The minimum absolute atomic E-state index is 0.524. The Morgan fingerprint density at radius 2 is 2.09 bits per heavy atom. The molecule has 1 nitrogen and oxygen atoms in total. The third-order valence-corrected chi connectivity index (χ3v) is 2.49. The van der Waals surface area contributed by atoms with Crippen LogP contribution in [-0.4, -0.2) is 19.8 Å². The molecule has 0 spiro atoms. The molecule has 1 N–H and O–H groups in total. The fourth-order valence-electron chi connectivity index (χ4n) is 1.91. The molecule has 0 radical (unpaired) electrons. The third kappa shape index (κ3) is 3.19. The maximum absolute atomic E-state index is 13.0. The van der Waals surface area contributed by atoms with Crippen molar-refractivity contribution in [2.24, 2.45) is 5.92 Å². The summed E-state index contributed by atoms with van der Waals surface area (Å²) in [6.07, 6.45) is 5.30. The highest BCUT2D eigenvalue weighted by molar-refractivity contribution is 4.71. The van der Waals surface area contributed by atoms with Gasteiger partial charge in [0.1, 0.15) is 6.17 Å². The number of rotatable bonds is 4. The van der Waals surface area contributed by atoms with Crippen LogP contribution in [0.3, 0.4) is 0 Å². The molecule has 1 saturated carbocycles. The molecule has 0 aromatic carbocycles. The van der Waals surface area contributed by atoms with E-state index in [1.54, 1.807) is 7.05 Å². The number of hydrogen-bond acceptors (Lipinski definition) is 1. The third-order valence-electron chi connectivity index (χ3n) is 2.49. The van der Waals surface area contributed by atoms with Crippen molar-refractivity contribution in [1.29, 1.82) is 0 Å². The molecule has 0 saturated heterocycles. The van der Waals surface area contributed by atoms with Crippen molar-refractivity contribution in [2.75, 3.05) is 13.6 Å². The van der Waals surface area contributed by atoms with Crippen LogP contribution < -0.4 is 5.32 Å². The first-order valence-electron chi connectivity index (χ1n) is 4.61. The largest absolute Gasteiger partial charge is 0.317 e. The van der Waals surface area contributed by atoms with Crippen LogP contribution in [-0.2, 0) is 0 Å². The Morgan fingerprint density at radius 3 is 2.64 bits per heavy atom. The normalized spacial score (nSPS) is 22.4. The molecule has 0 heterocycles. The van der Waals surface area contributed by atoms with Crippen LogP contribution >= 0.6 is 0 Å². The van der Waals surface area contributed by atoms with E-state index in [1.165, 1.54) is 25.7 Å². The average molecular weight is 159 g/mol. The van der Waals surface area contributed by atoms with Crippen LogP contribution in [0.4, 0.5) is 4.39 Å².